The Balaban J connectivity index is 1.30. The lowest BCUT2D eigenvalue weighted by Gasteiger charge is -2.29. The van der Waals surface area contributed by atoms with Crippen LogP contribution in [0.4, 0.5) is 10.3 Å². The SMILES string of the molecule is Cc1cnc(N[C@H]2CCC[C@@H]2N2CC[C@@H](F)C2)nc1-c1cn(-c2ccccc2)c2nc(-c3c(C)noc3C)ccc12. The van der Waals surface area contributed by atoms with Crippen molar-refractivity contribution in [2.75, 3.05) is 18.4 Å². The van der Waals surface area contributed by atoms with E-state index in [1.165, 1.54) is 0 Å². The van der Waals surface area contributed by atoms with Crippen LogP contribution < -0.4 is 5.32 Å². The van der Waals surface area contributed by atoms with Gasteiger partial charge >= 0.3 is 0 Å². The molecule has 9 heteroatoms. The van der Waals surface area contributed by atoms with E-state index < -0.39 is 6.17 Å². The quantitative estimate of drug-likeness (QED) is 0.260. The number of alkyl halides is 1. The molecule has 0 unspecified atom stereocenters. The fourth-order valence-electron chi connectivity index (χ4n) is 6.60. The Morgan fingerprint density at radius 2 is 1.85 bits per heavy atom. The summed E-state index contributed by atoms with van der Waals surface area (Å²) in [7, 11) is 0. The highest BCUT2D eigenvalue weighted by atomic mass is 19.1. The summed E-state index contributed by atoms with van der Waals surface area (Å²) < 4.78 is 21.5. The van der Waals surface area contributed by atoms with Gasteiger partial charge in [-0.25, -0.2) is 19.3 Å². The molecule has 1 saturated heterocycles. The number of nitrogens with one attached hydrogen (secondary N) is 1. The number of rotatable bonds is 6. The van der Waals surface area contributed by atoms with Crippen molar-refractivity contribution in [2.45, 2.75) is 64.7 Å². The molecule has 2 aliphatic rings. The first-order chi connectivity index (χ1) is 20.0. The summed E-state index contributed by atoms with van der Waals surface area (Å²) in [5.41, 5.74) is 7.26. The average Bonchev–Trinajstić information content (AvgIpc) is 3.77. The Morgan fingerprint density at radius 3 is 2.61 bits per heavy atom. The van der Waals surface area contributed by atoms with Gasteiger partial charge in [0.2, 0.25) is 5.95 Å². The number of fused-ring (bicyclic) bond motifs is 1. The Labute approximate surface area is 238 Å². The van der Waals surface area contributed by atoms with Gasteiger partial charge in [-0.2, -0.15) is 0 Å². The third kappa shape index (κ3) is 4.68. The number of anilines is 1. The highest BCUT2D eigenvalue weighted by Gasteiger charge is 2.36. The maximum Gasteiger partial charge on any atom is 0.223 e. The molecule has 1 aromatic carbocycles. The molecule has 1 aliphatic heterocycles. The standard InChI is InChI=1S/C32H34FN7O/c1-19-16-34-32(36-26-10-7-11-28(26)39-15-14-22(33)17-39)37-30(19)25-18-40(23-8-5-4-6-9-23)31-24(25)12-13-27(35-31)29-20(2)38-41-21(29)3/h4-6,8-9,12-13,16,18,22,26,28H,7,10-11,14-15,17H2,1-3H3,(H,34,36,37)/t22-,26+,28+/m1/s1. The predicted octanol–water partition coefficient (Wildman–Crippen LogP) is 6.44. The van der Waals surface area contributed by atoms with E-state index in [0.29, 0.717) is 25.0 Å². The molecule has 0 spiro atoms. The summed E-state index contributed by atoms with van der Waals surface area (Å²) in [5, 5.41) is 8.76. The van der Waals surface area contributed by atoms with E-state index in [1.807, 2.05) is 51.2 Å². The largest absolute Gasteiger partial charge is 0.361 e. The van der Waals surface area contributed by atoms with Crippen LogP contribution in [-0.2, 0) is 0 Å². The van der Waals surface area contributed by atoms with Crippen LogP contribution >= 0.6 is 0 Å². The number of hydrogen-bond donors (Lipinski definition) is 1. The Morgan fingerprint density at radius 1 is 1.00 bits per heavy atom. The van der Waals surface area contributed by atoms with Crippen LogP contribution in [-0.4, -0.2) is 60.9 Å². The molecule has 8 nitrogen and oxygen atoms in total. The van der Waals surface area contributed by atoms with Crippen LogP contribution in [0.2, 0.25) is 0 Å². The molecule has 41 heavy (non-hydrogen) atoms. The maximum atomic E-state index is 14.0. The van der Waals surface area contributed by atoms with Crippen LogP contribution in [0, 0.1) is 20.8 Å². The van der Waals surface area contributed by atoms with Gasteiger partial charge in [-0.3, -0.25) is 4.90 Å². The van der Waals surface area contributed by atoms with Gasteiger partial charge in [-0.05, 0) is 76.3 Å². The normalized spacial score (nSPS) is 21.2. The second kappa shape index (κ2) is 10.4. The van der Waals surface area contributed by atoms with Crippen LogP contribution in [0.15, 0.2) is 59.4 Å². The van der Waals surface area contributed by atoms with Crippen molar-refractivity contribution in [1.29, 1.82) is 0 Å². The maximum absolute atomic E-state index is 14.0. The lowest BCUT2D eigenvalue weighted by Crippen LogP contribution is -2.43. The summed E-state index contributed by atoms with van der Waals surface area (Å²) in [6.07, 6.45) is 7.16. The number of likely N-dealkylation sites (tertiary alicyclic amines) is 1. The molecule has 3 atom stereocenters. The number of benzene rings is 1. The monoisotopic (exact) mass is 551 g/mol. The summed E-state index contributed by atoms with van der Waals surface area (Å²) in [6, 6.07) is 14.9. The zero-order chi connectivity index (χ0) is 28.1. The van der Waals surface area contributed by atoms with Gasteiger partial charge in [-0.15, -0.1) is 0 Å². The molecule has 0 bridgehead atoms. The second-order valence-electron chi connectivity index (χ2n) is 11.4. The molecule has 0 amide bonds. The van der Waals surface area contributed by atoms with E-state index in [2.05, 4.69) is 49.3 Å². The fourth-order valence-corrected chi connectivity index (χ4v) is 6.60. The lowest BCUT2D eigenvalue weighted by atomic mass is 10.1. The van der Waals surface area contributed by atoms with Crippen LogP contribution in [0.25, 0.3) is 39.2 Å². The molecule has 5 heterocycles. The summed E-state index contributed by atoms with van der Waals surface area (Å²) >= 11 is 0. The number of aryl methyl sites for hydroxylation is 3. The molecule has 1 N–H and O–H groups in total. The highest BCUT2D eigenvalue weighted by Crippen LogP contribution is 2.36. The van der Waals surface area contributed by atoms with Gasteiger partial charge in [0.05, 0.1) is 22.6 Å². The van der Waals surface area contributed by atoms with Crippen molar-refractivity contribution >= 4 is 17.0 Å². The van der Waals surface area contributed by atoms with Crippen molar-refractivity contribution in [3.05, 3.63) is 71.9 Å². The number of pyridine rings is 1. The summed E-state index contributed by atoms with van der Waals surface area (Å²) in [4.78, 5) is 17.2. The zero-order valence-electron chi connectivity index (χ0n) is 23.6. The molecule has 7 rings (SSSR count). The van der Waals surface area contributed by atoms with Crippen LogP contribution in [0.5, 0.6) is 0 Å². The molecule has 5 aromatic rings. The van der Waals surface area contributed by atoms with E-state index >= 15 is 0 Å². The Hall–Kier alpha value is -4.11. The molecule has 4 aromatic heterocycles. The third-order valence-electron chi connectivity index (χ3n) is 8.63. The summed E-state index contributed by atoms with van der Waals surface area (Å²) in [6.45, 7) is 7.25. The Kier molecular flexibility index (Phi) is 6.54. The minimum atomic E-state index is -0.716. The van der Waals surface area contributed by atoms with Crippen molar-refractivity contribution in [2.24, 2.45) is 0 Å². The lowest BCUT2D eigenvalue weighted by molar-refractivity contribution is 0.214. The van der Waals surface area contributed by atoms with Gasteiger partial charge in [0.15, 0.2) is 0 Å². The first-order valence-corrected chi connectivity index (χ1v) is 14.5. The molecular formula is C32H34FN7O. The number of para-hydroxylation sites is 1. The second-order valence-corrected chi connectivity index (χ2v) is 11.4. The van der Waals surface area contributed by atoms with Crippen molar-refractivity contribution in [3.8, 4) is 28.2 Å². The van der Waals surface area contributed by atoms with Gasteiger partial charge in [0.25, 0.3) is 0 Å². The molecular weight excluding hydrogens is 517 g/mol. The van der Waals surface area contributed by atoms with Crippen molar-refractivity contribution in [3.63, 3.8) is 0 Å². The van der Waals surface area contributed by atoms with E-state index in [0.717, 1.165) is 82.1 Å². The van der Waals surface area contributed by atoms with Gasteiger partial charge in [0.1, 0.15) is 17.6 Å². The van der Waals surface area contributed by atoms with Crippen LogP contribution in [0.1, 0.15) is 42.7 Å². The Bertz CT molecular complexity index is 1690. The fraction of sp³-hybridized carbons (Fsp3) is 0.375. The molecule has 0 radical (unpaired) electrons. The molecule has 1 saturated carbocycles. The number of nitrogens with zero attached hydrogens (tertiary/aromatic N) is 6. The number of hydrogen-bond acceptors (Lipinski definition) is 7. The topological polar surface area (TPSA) is 84.9 Å². The van der Waals surface area contributed by atoms with Gasteiger partial charge in [-0.1, -0.05) is 23.4 Å². The minimum Gasteiger partial charge on any atom is -0.361 e. The van der Waals surface area contributed by atoms with Gasteiger partial charge in [0, 0.05) is 54.2 Å². The zero-order valence-corrected chi connectivity index (χ0v) is 23.6. The van der Waals surface area contributed by atoms with E-state index in [9.17, 15) is 4.39 Å². The number of aromatic nitrogens is 5. The molecule has 1 aliphatic carbocycles. The predicted molar refractivity (Wildman–Crippen MR) is 158 cm³/mol. The van der Waals surface area contributed by atoms with Gasteiger partial charge < -0.3 is 14.4 Å². The summed E-state index contributed by atoms with van der Waals surface area (Å²) in [5.74, 6) is 1.36. The molecule has 210 valence electrons. The minimum absolute atomic E-state index is 0.209. The smallest absolute Gasteiger partial charge is 0.223 e. The van der Waals surface area contributed by atoms with E-state index in [4.69, 9.17) is 14.5 Å². The van der Waals surface area contributed by atoms with Crippen LogP contribution in [0.3, 0.4) is 0 Å². The number of halogens is 1. The first kappa shape index (κ1) is 25.8. The highest BCUT2D eigenvalue weighted by molar-refractivity contribution is 5.96. The molecule has 2 fully saturated rings. The van der Waals surface area contributed by atoms with E-state index in [1.54, 1.807) is 0 Å². The van der Waals surface area contributed by atoms with Crippen molar-refractivity contribution < 1.29 is 8.91 Å². The van der Waals surface area contributed by atoms with E-state index in [-0.39, 0.29) is 6.04 Å². The third-order valence-corrected chi connectivity index (χ3v) is 8.63. The average molecular weight is 552 g/mol. The van der Waals surface area contributed by atoms with Crippen molar-refractivity contribution in [1.82, 2.24) is 29.6 Å². The first-order valence-electron chi connectivity index (χ1n) is 14.5.